The Kier molecular flexibility index (Phi) is 3.54. The zero-order valence-electron chi connectivity index (χ0n) is 11.6. The van der Waals surface area contributed by atoms with Crippen LogP contribution in [0.3, 0.4) is 0 Å². The number of pyridine rings is 1. The van der Waals surface area contributed by atoms with Crippen molar-refractivity contribution in [1.82, 2.24) is 4.98 Å². The molecule has 0 unspecified atom stereocenters. The van der Waals surface area contributed by atoms with E-state index in [0.29, 0.717) is 4.99 Å². The van der Waals surface area contributed by atoms with E-state index in [1.54, 1.807) is 0 Å². The fraction of sp³-hybridized carbons (Fsp3) is 0.0588. The van der Waals surface area contributed by atoms with Crippen molar-refractivity contribution >= 4 is 39.5 Å². The van der Waals surface area contributed by atoms with Gasteiger partial charge < -0.3 is 11.1 Å². The summed E-state index contributed by atoms with van der Waals surface area (Å²) in [7, 11) is 0. The number of benzene rings is 2. The highest BCUT2D eigenvalue weighted by atomic mass is 32.1. The number of thiocarbonyl (C=S) groups is 1. The van der Waals surface area contributed by atoms with Gasteiger partial charge in [-0.15, -0.1) is 0 Å². The lowest BCUT2D eigenvalue weighted by atomic mass is 10.1. The normalized spacial score (nSPS) is 10.5. The molecule has 21 heavy (non-hydrogen) atoms. The van der Waals surface area contributed by atoms with Gasteiger partial charge in [0, 0.05) is 28.0 Å². The van der Waals surface area contributed by atoms with Crippen molar-refractivity contribution in [3.8, 4) is 0 Å². The van der Waals surface area contributed by atoms with Gasteiger partial charge >= 0.3 is 0 Å². The van der Waals surface area contributed by atoms with Crippen molar-refractivity contribution < 1.29 is 0 Å². The molecule has 3 rings (SSSR count). The fourth-order valence-corrected chi connectivity index (χ4v) is 2.42. The summed E-state index contributed by atoms with van der Waals surface area (Å²) < 4.78 is 0. The summed E-state index contributed by atoms with van der Waals surface area (Å²) in [6.07, 6.45) is 0. The number of nitrogens with zero attached hydrogens (tertiary/aromatic N) is 1. The molecular formula is C17H15N3S. The van der Waals surface area contributed by atoms with Crippen molar-refractivity contribution in [3.05, 3.63) is 65.9 Å². The van der Waals surface area contributed by atoms with E-state index in [9.17, 15) is 0 Å². The second-order valence-corrected chi connectivity index (χ2v) is 5.33. The lowest BCUT2D eigenvalue weighted by molar-refractivity contribution is 1.25. The van der Waals surface area contributed by atoms with Crippen LogP contribution in [-0.2, 0) is 0 Å². The summed E-state index contributed by atoms with van der Waals surface area (Å²) in [5, 5.41) is 4.53. The predicted octanol–water partition coefficient (Wildman–Crippen LogP) is 3.92. The van der Waals surface area contributed by atoms with Gasteiger partial charge in [-0.05, 0) is 43.3 Å². The highest BCUT2D eigenvalue weighted by Crippen LogP contribution is 2.26. The molecule has 3 N–H and O–H groups in total. The van der Waals surface area contributed by atoms with Gasteiger partial charge in [-0.3, -0.25) is 4.98 Å². The van der Waals surface area contributed by atoms with Crippen LogP contribution in [0.25, 0.3) is 10.9 Å². The Labute approximate surface area is 128 Å². The van der Waals surface area contributed by atoms with E-state index in [1.807, 2.05) is 55.5 Å². The van der Waals surface area contributed by atoms with E-state index in [4.69, 9.17) is 18.0 Å². The first-order chi connectivity index (χ1) is 10.1. The van der Waals surface area contributed by atoms with E-state index >= 15 is 0 Å². The largest absolute Gasteiger partial charge is 0.389 e. The molecule has 0 spiro atoms. The van der Waals surface area contributed by atoms with Gasteiger partial charge in [0.15, 0.2) is 0 Å². The van der Waals surface area contributed by atoms with Crippen LogP contribution >= 0.6 is 12.2 Å². The zero-order chi connectivity index (χ0) is 14.8. The zero-order valence-corrected chi connectivity index (χ0v) is 12.4. The van der Waals surface area contributed by atoms with Crippen molar-refractivity contribution in [2.45, 2.75) is 6.92 Å². The van der Waals surface area contributed by atoms with E-state index in [-0.39, 0.29) is 0 Å². The molecule has 4 heteroatoms. The number of hydrogen-bond acceptors (Lipinski definition) is 3. The molecule has 1 heterocycles. The van der Waals surface area contributed by atoms with Gasteiger partial charge in [0.1, 0.15) is 4.99 Å². The van der Waals surface area contributed by atoms with Crippen LogP contribution in [0.5, 0.6) is 0 Å². The highest BCUT2D eigenvalue weighted by molar-refractivity contribution is 7.80. The Morgan fingerprint density at radius 2 is 1.81 bits per heavy atom. The molecule has 0 atom stereocenters. The molecule has 3 nitrogen and oxygen atoms in total. The van der Waals surface area contributed by atoms with Gasteiger partial charge in [0.25, 0.3) is 0 Å². The molecule has 1 aromatic heterocycles. The summed E-state index contributed by atoms with van der Waals surface area (Å²) in [4.78, 5) is 4.95. The monoisotopic (exact) mass is 293 g/mol. The minimum Gasteiger partial charge on any atom is -0.389 e. The van der Waals surface area contributed by atoms with Crippen LogP contribution < -0.4 is 11.1 Å². The minimum absolute atomic E-state index is 0.409. The van der Waals surface area contributed by atoms with Crippen LogP contribution in [0.1, 0.15) is 11.3 Å². The van der Waals surface area contributed by atoms with Crippen LogP contribution in [0.4, 0.5) is 11.4 Å². The Balaban J connectivity index is 1.99. The first-order valence-electron chi connectivity index (χ1n) is 6.67. The molecule has 0 aliphatic heterocycles. The second kappa shape index (κ2) is 5.50. The summed E-state index contributed by atoms with van der Waals surface area (Å²) in [6.45, 7) is 1.99. The molecule has 2 aromatic carbocycles. The standard InChI is InChI=1S/C17H15N3S/c1-11-10-16(14-4-2-3-5-15(14)19-11)20-13-8-6-12(7-9-13)17(18)21/h2-10H,1H3,(H2,18,21)(H,19,20). The Morgan fingerprint density at radius 1 is 1.10 bits per heavy atom. The first-order valence-corrected chi connectivity index (χ1v) is 7.07. The number of para-hydroxylation sites is 1. The van der Waals surface area contributed by atoms with Gasteiger partial charge in [-0.2, -0.15) is 0 Å². The van der Waals surface area contributed by atoms with E-state index < -0.39 is 0 Å². The Bertz CT molecular complexity index is 810. The lowest BCUT2D eigenvalue weighted by Gasteiger charge is -2.11. The topological polar surface area (TPSA) is 50.9 Å². The Hall–Kier alpha value is -2.46. The van der Waals surface area contributed by atoms with E-state index in [0.717, 1.165) is 33.5 Å². The fourth-order valence-electron chi connectivity index (χ4n) is 2.28. The lowest BCUT2D eigenvalue weighted by Crippen LogP contribution is -2.08. The molecule has 0 aliphatic carbocycles. The van der Waals surface area contributed by atoms with Crippen molar-refractivity contribution in [2.75, 3.05) is 5.32 Å². The average molecular weight is 293 g/mol. The highest BCUT2D eigenvalue weighted by Gasteiger charge is 2.04. The van der Waals surface area contributed by atoms with Gasteiger partial charge in [0.2, 0.25) is 0 Å². The molecule has 0 aliphatic rings. The van der Waals surface area contributed by atoms with Gasteiger partial charge in [-0.25, -0.2) is 0 Å². The number of nitrogens with one attached hydrogen (secondary N) is 1. The predicted molar refractivity (Wildman–Crippen MR) is 92.1 cm³/mol. The minimum atomic E-state index is 0.409. The van der Waals surface area contributed by atoms with Crippen LogP contribution in [0, 0.1) is 6.92 Å². The molecule has 0 radical (unpaired) electrons. The summed E-state index contributed by atoms with van der Waals surface area (Å²) in [5.41, 5.74) is 10.5. The van der Waals surface area contributed by atoms with Crippen LogP contribution in [-0.4, -0.2) is 9.97 Å². The molecule has 0 fully saturated rings. The third-order valence-electron chi connectivity index (χ3n) is 3.29. The van der Waals surface area contributed by atoms with Crippen molar-refractivity contribution in [1.29, 1.82) is 0 Å². The molecule has 0 saturated carbocycles. The number of anilines is 2. The maximum absolute atomic E-state index is 5.61. The third kappa shape index (κ3) is 2.85. The quantitative estimate of drug-likeness (QED) is 0.719. The number of rotatable bonds is 3. The Morgan fingerprint density at radius 3 is 2.52 bits per heavy atom. The maximum Gasteiger partial charge on any atom is 0.103 e. The van der Waals surface area contributed by atoms with Crippen molar-refractivity contribution in [2.24, 2.45) is 5.73 Å². The second-order valence-electron chi connectivity index (χ2n) is 4.89. The molecule has 0 bridgehead atoms. The number of nitrogens with two attached hydrogens (primary N) is 1. The third-order valence-corrected chi connectivity index (χ3v) is 3.53. The smallest absolute Gasteiger partial charge is 0.103 e. The SMILES string of the molecule is Cc1cc(Nc2ccc(C(N)=S)cc2)c2ccccc2n1. The van der Waals surface area contributed by atoms with Crippen molar-refractivity contribution in [3.63, 3.8) is 0 Å². The summed E-state index contributed by atoms with van der Waals surface area (Å²) in [5.74, 6) is 0. The molecule has 104 valence electrons. The van der Waals surface area contributed by atoms with Crippen LogP contribution in [0.15, 0.2) is 54.6 Å². The van der Waals surface area contributed by atoms with Gasteiger partial charge in [0.05, 0.1) is 5.52 Å². The van der Waals surface area contributed by atoms with E-state index in [1.165, 1.54) is 0 Å². The first kappa shape index (κ1) is 13.5. The number of hydrogen-bond donors (Lipinski definition) is 2. The summed E-state index contributed by atoms with van der Waals surface area (Å²) >= 11 is 4.96. The molecule has 0 saturated heterocycles. The number of fused-ring (bicyclic) bond motifs is 1. The van der Waals surface area contributed by atoms with E-state index in [2.05, 4.69) is 16.4 Å². The number of aromatic nitrogens is 1. The average Bonchev–Trinajstić information content (AvgIpc) is 2.47. The molecular weight excluding hydrogens is 278 g/mol. The molecule has 0 amide bonds. The number of aryl methyl sites for hydroxylation is 1. The molecule has 3 aromatic rings. The van der Waals surface area contributed by atoms with Crippen LogP contribution in [0.2, 0.25) is 0 Å². The maximum atomic E-state index is 5.61. The van der Waals surface area contributed by atoms with Gasteiger partial charge in [-0.1, -0.05) is 30.4 Å². The summed E-state index contributed by atoms with van der Waals surface area (Å²) in [6, 6.07) is 17.9.